The number of aliphatic hydroxyl groups excluding tert-OH is 1. The molecular weight excluding hydrogens is 502 g/mol. The number of benzene rings is 1. The molecule has 1 saturated heterocycles. The van der Waals surface area contributed by atoms with E-state index >= 15 is 0 Å². The van der Waals surface area contributed by atoms with Crippen molar-refractivity contribution in [2.24, 2.45) is 23.2 Å². The second-order valence-electron chi connectivity index (χ2n) is 11.4. The van der Waals surface area contributed by atoms with Crippen molar-refractivity contribution >= 4 is 29.0 Å². The summed E-state index contributed by atoms with van der Waals surface area (Å²) in [5.74, 6) is 1.04. The van der Waals surface area contributed by atoms with Gasteiger partial charge in [-0.05, 0) is 48.6 Å². The van der Waals surface area contributed by atoms with Crippen LogP contribution in [0.2, 0.25) is 0 Å². The van der Waals surface area contributed by atoms with Gasteiger partial charge in [-0.1, -0.05) is 39.0 Å². The Morgan fingerprint density at radius 2 is 2.08 bits per heavy atom. The average molecular weight is 544 g/mol. The van der Waals surface area contributed by atoms with Crippen molar-refractivity contribution in [3.05, 3.63) is 45.9 Å². The number of thioether (sulfide) groups is 1. The van der Waals surface area contributed by atoms with Crippen LogP contribution < -0.4 is 5.32 Å². The number of carbonyl (C=O) groups is 1. The minimum absolute atomic E-state index is 0.0165. The molecule has 1 aromatic heterocycles. The largest absolute Gasteiger partial charge is 0.392 e. The van der Waals surface area contributed by atoms with E-state index in [1.807, 2.05) is 36.1 Å². The van der Waals surface area contributed by atoms with Crippen molar-refractivity contribution in [2.75, 3.05) is 39.4 Å². The molecule has 0 bridgehead atoms. The number of aromatic nitrogens is 1. The molecule has 0 spiro atoms. The van der Waals surface area contributed by atoms with Crippen LogP contribution in [0.5, 0.6) is 0 Å². The molecule has 0 unspecified atom stereocenters. The number of morpholine rings is 1. The number of fused-ring (bicyclic) bond motifs is 2. The number of rotatable bonds is 8. The number of nitrogens with zero attached hydrogens (tertiary/aromatic N) is 2. The Kier molecular flexibility index (Phi) is 8.61. The molecule has 1 aliphatic heterocycles. The fourth-order valence-corrected chi connectivity index (χ4v) is 9.12. The molecule has 2 aliphatic carbocycles. The van der Waals surface area contributed by atoms with Gasteiger partial charge in [0.2, 0.25) is 5.91 Å². The molecule has 1 saturated carbocycles. The first-order valence-corrected chi connectivity index (χ1v) is 15.6. The quantitative estimate of drug-likeness (QED) is 0.475. The van der Waals surface area contributed by atoms with E-state index in [1.165, 1.54) is 20.5 Å². The third-order valence-electron chi connectivity index (χ3n) is 8.96. The van der Waals surface area contributed by atoms with Gasteiger partial charge in [0.25, 0.3) is 0 Å². The molecule has 2 aromatic rings. The number of amides is 1. The van der Waals surface area contributed by atoms with E-state index in [0.717, 1.165) is 57.9 Å². The van der Waals surface area contributed by atoms with Crippen LogP contribution in [0.4, 0.5) is 0 Å². The summed E-state index contributed by atoms with van der Waals surface area (Å²) in [6.07, 6.45) is 2.42. The summed E-state index contributed by atoms with van der Waals surface area (Å²) in [5.41, 5.74) is 1.23. The number of hydrogen-bond donors (Lipinski definition) is 2. The Labute approximate surface area is 229 Å². The van der Waals surface area contributed by atoms with E-state index in [0.29, 0.717) is 6.54 Å². The molecule has 202 valence electrons. The van der Waals surface area contributed by atoms with Crippen LogP contribution in [0.3, 0.4) is 0 Å². The fraction of sp³-hybridized carbons (Fsp3) is 0.655. The van der Waals surface area contributed by atoms with Crippen LogP contribution in [0, 0.1) is 23.2 Å². The summed E-state index contributed by atoms with van der Waals surface area (Å²) in [5, 5.41) is 16.0. The van der Waals surface area contributed by atoms with Gasteiger partial charge in [-0.25, -0.2) is 4.98 Å². The molecule has 1 amide bonds. The summed E-state index contributed by atoms with van der Waals surface area (Å²) in [7, 11) is 0. The second-order valence-corrected chi connectivity index (χ2v) is 13.6. The fourth-order valence-electron chi connectivity index (χ4n) is 6.84. The standard InChI is InChI=1S/C29H41N3O3S2/c1-19(28(34)30-11-12-32-13-15-35-16-14-32)22-9-10-29(3)17-23-26(20(2)25(29)27(22)33)31-24(37-23)18-36-21-7-5-4-6-8-21/h4-8,19-20,22,25,27,33H,9-18H2,1-3H3,(H,30,34)/t19-,20-,22+,25+,27-,29-/m0/s1. The first-order chi connectivity index (χ1) is 17.9. The van der Waals surface area contributed by atoms with Crippen molar-refractivity contribution in [1.29, 1.82) is 0 Å². The second kappa shape index (κ2) is 11.7. The van der Waals surface area contributed by atoms with Gasteiger partial charge >= 0.3 is 0 Å². The highest BCUT2D eigenvalue weighted by atomic mass is 32.2. The third kappa shape index (κ3) is 5.93. The number of thiazole rings is 1. The topological polar surface area (TPSA) is 74.7 Å². The maximum atomic E-state index is 13.1. The summed E-state index contributed by atoms with van der Waals surface area (Å²) < 4.78 is 5.41. The normalized spacial score (nSPS) is 30.8. The smallest absolute Gasteiger partial charge is 0.223 e. The van der Waals surface area contributed by atoms with E-state index in [1.54, 1.807) is 0 Å². The van der Waals surface area contributed by atoms with Gasteiger partial charge in [0.1, 0.15) is 5.01 Å². The van der Waals surface area contributed by atoms with E-state index in [-0.39, 0.29) is 35.0 Å². The predicted octanol–water partition coefficient (Wildman–Crippen LogP) is 4.57. The Hall–Kier alpha value is -1.45. The van der Waals surface area contributed by atoms with Crippen molar-refractivity contribution in [3.63, 3.8) is 0 Å². The van der Waals surface area contributed by atoms with Crippen LogP contribution in [0.1, 0.15) is 55.1 Å². The molecule has 6 nitrogen and oxygen atoms in total. The summed E-state index contributed by atoms with van der Waals surface area (Å²) >= 11 is 3.69. The van der Waals surface area contributed by atoms with Crippen molar-refractivity contribution in [1.82, 2.24) is 15.2 Å². The molecule has 0 radical (unpaired) electrons. The van der Waals surface area contributed by atoms with Crippen LogP contribution in [0.15, 0.2) is 35.2 Å². The summed E-state index contributed by atoms with van der Waals surface area (Å²) in [6.45, 7) is 11.5. The number of nitrogens with one attached hydrogen (secondary N) is 1. The maximum Gasteiger partial charge on any atom is 0.223 e. The van der Waals surface area contributed by atoms with Gasteiger partial charge < -0.3 is 15.2 Å². The Morgan fingerprint density at radius 3 is 2.84 bits per heavy atom. The average Bonchev–Trinajstić information content (AvgIpc) is 3.31. The molecule has 5 rings (SSSR count). The number of hydrogen-bond acceptors (Lipinski definition) is 7. The van der Waals surface area contributed by atoms with Crippen molar-refractivity contribution < 1.29 is 14.6 Å². The third-order valence-corrected chi connectivity index (χ3v) is 11.2. The Bertz CT molecular complexity index is 1060. The predicted molar refractivity (Wildman–Crippen MR) is 150 cm³/mol. The van der Waals surface area contributed by atoms with E-state index in [9.17, 15) is 9.90 Å². The molecule has 1 aromatic carbocycles. The number of carbonyl (C=O) groups excluding carboxylic acids is 1. The van der Waals surface area contributed by atoms with E-state index in [2.05, 4.69) is 48.3 Å². The zero-order chi connectivity index (χ0) is 26.0. The molecule has 37 heavy (non-hydrogen) atoms. The van der Waals surface area contributed by atoms with Gasteiger partial charge in [0, 0.05) is 47.8 Å². The van der Waals surface area contributed by atoms with Crippen LogP contribution in [0.25, 0.3) is 0 Å². The van der Waals surface area contributed by atoms with Gasteiger partial charge in [0.05, 0.1) is 30.8 Å². The highest BCUT2D eigenvalue weighted by molar-refractivity contribution is 7.98. The van der Waals surface area contributed by atoms with Crippen molar-refractivity contribution in [2.45, 2.75) is 62.7 Å². The lowest BCUT2D eigenvalue weighted by molar-refractivity contribution is -0.134. The lowest BCUT2D eigenvalue weighted by atomic mass is 9.53. The summed E-state index contributed by atoms with van der Waals surface area (Å²) in [4.78, 5) is 23.1. The monoisotopic (exact) mass is 543 g/mol. The van der Waals surface area contributed by atoms with Gasteiger partial charge in [-0.15, -0.1) is 23.1 Å². The highest BCUT2D eigenvalue weighted by Crippen LogP contribution is 2.57. The highest BCUT2D eigenvalue weighted by Gasteiger charge is 2.53. The molecule has 8 heteroatoms. The molecule has 2 heterocycles. The first-order valence-electron chi connectivity index (χ1n) is 13.8. The first kappa shape index (κ1) is 27.1. The van der Waals surface area contributed by atoms with Crippen molar-refractivity contribution in [3.8, 4) is 0 Å². The van der Waals surface area contributed by atoms with Crippen LogP contribution in [-0.4, -0.2) is 66.4 Å². The van der Waals surface area contributed by atoms with Gasteiger partial charge in [-0.3, -0.25) is 9.69 Å². The minimum atomic E-state index is -0.495. The molecule has 2 N–H and O–H groups in total. The molecular formula is C29H41N3O3S2. The maximum absolute atomic E-state index is 13.1. The molecule has 6 atom stereocenters. The zero-order valence-corrected chi connectivity index (χ0v) is 24.0. The lowest BCUT2D eigenvalue weighted by Crippen LogP contribution is -2.53. The Balaban J connectivity index is 1.22. The number of aliphatic hydroxyl groups is 1. The molecule has 3 aliphatic rings. The van der Waals surface area contributed by atoms with E-state index in [4.69, 9.17) is 9.72 Å². The van der Waals surface area contributed by atoms with Gasteiger partial charge in [0.15, 0.2) is 0 Å². The molecule has 2 fully saturated rings. The zero-order valence-electron chi connectivity index (χ0n) is 22.3. The van der Waals surface area contributed by atoms with Gasteiger partial charge in [-0.2, -0.15) is 0 Å². The number of ether oxygens (including phenoxy) is 1. The minimum Gasteiger partial charge on any atom is -0.392 e. The van der Waals surface area contributed by atoms with E-state index < -0.39 is 6.10 Å². The SMILES string of the molecule is C[C@H](C(=O)NCCN1CCOCC1)[C@H]1CC[C@@]2(C)Cc3sc(CSc4ccccc4)nc3[C@@H](C)[C@@H]2[C@H]1O. The Morgan fingerprint density at radius 1 is 1.32 bits per heavy atom. The van der Waals surface area contributed by atoms with Crippen LogP contribution >= 0.6 is 23.1 Å². The summed E-state index contributed by atoms with van der Waals surface area (Å²) in [6, 6.07) is 10.5. The lowest BCUT2D eigenvalue weighted by Gasteiger charge is -2.53. The van der Waals surface area contributed by atoms with Crippen LogP contribution in [-0.2, 0) is 21.7 Å².